The second-order valence-corrected chi connectivity index (χ2v) is 8.96. The van der Waals surface area contributed by atoms with Crippen LogP contribution >= 0.6 is 63.0 Å². The maximum Gasteiger partial charge on any atom is 0.269 e. The van der Waals surface area contributed by atoms with Gasteiger partial charge in [-0.05, 0) is 52.4 Å². The summed E-state index contributed by atoms with van der Waals surface area (Å²) in [5, 5.41) is 18.8. The Bertz CT molecular complexity index is 893. The maximum absolute atomic E-state index is 12.5. The zero-order chi connectivity index (χ0) is 20.9. The Hall–Kier alpha value is -1.65. The van der Waals surface area contributed by atoms with Crippen LogP contribution in [0, 0.1) is 10.1 Å². The first-order valence-electron chi connectivity index (χ1n) is 7.52. The van der Waals surface area contributed by atoms with Crippen molar-refractivity contribution < 1.29 is 9.72 Å². The molecule has 0 aliphatic heterocycles. The summed E-state index contributed by atoms with van der Waals surface area (Å²) >= 11 is 26.3. The quantitative estimate of drug-likeness (QED) is 0.171. The summed E-state index contributed by atoms with van der Waals surface area (Å²) in [7, 11) is 0. The van der Waals surface area contributed by atoms with Crippen molar-refractivity contribution >= 4 is 85.3 Å². The standard InChI is InChI=1S/C16H12BrCl3N4O3S/c17-12-4-2-1-3-11(12)13(25)22-14(16(18,19)20)23-15(28)21-9-5-7-10(8-6-9)24(26)27/h1-8,14H,(H,22,25)(H2,21,23,28)/t14-/m1/s1. The van der Waals surface area contributed by atoms with Gasteiger partial charge in [0.2, 0.25) is 3.79 Å². The number of benzene rings is 2. The van der Waals surface area contributed by atoms with Crippen molar-refractivity contribution in [3.05, 3.63) is 68.7 Å². The fraction of sp³-hybridized carbons (Fsp3) is 0.125. The van der Waals surface area contributed by atoms with Crippen molar-refractivity contribution in [3.8, 4) is 0 Å². The van der Waals surface area contributed by atoms with Crippen LogP contribution in [0.1, 0.15) is 10.4 Å². The van der Waals surface area contributed by atoms with Gasteiger partial charge in [0.1, 0.15) is 6.17 Å². The molecule has 2 aromatic carbocycles. The number of hydrogen-bond donors (Lipinski definition) is 3. The van der Waals surface area contributed by atoms with E-state index < -0.39 is 20.8 Å². The number of carbonyl (C=O) groups excluding carboxylic acids is 1. The van der Waals surface area contributed by atoms with Crippen molar-refractivity contribution in [2.24, 2.45) is 0 Å². The maximum atomic E-state index is 12.5. The van der Waals surface area contributed by atoms with E-state index in [4.69, 9.17) is 47.0 Å². The van der Waals surface area contributed by atoms with E-state index in [9.17, 15) is 14.9 Å². The molecule has 7 nitrogen and oxygen atoms in total. The van der Waals surface area contributed by atoms with Crippen LogP contribution in [0.25, 0.3) is 0 Å². The van der Waals surface area contributed by atoms with E-state index in [1.54, 1.807) is 24.3 Å². The second-order valence-electron chi connectivity index (χ2n) is 5.33. The largest absolute Gasteiger partial charge is 0.339 e. The van der Waals surface area contributed by atoms with Gasteiger partial charge in [-0.25, -0.2) is 0 Å². The molecule has 0 saturated carbocycles. The normalized spacial score (nSPS) is 12.0. The number of nitro groups is 1. The number of nitrogens with zero attached hydrogens (tertiary/aromatic N) is 1. The Morgan fingerprint density at radius 2 is 1.71 bits per heavy atom. The van der Waals surface area contributed by atoms with Crippen LogP contribution in [0.4, 0.5) is 11.4 Å². The first-order valence-corrected chi connectivity index (χ1v) is 9.85. The number of alkyl halides is 3. The second kappa shape index (κ2) is 9.71. The predicted octanol–water partition coefficient (Wildman–Crippen LogP) is 4.77. The lowest BCUT2D eigenvalue weighted by atomic mass is 10.2. The Kier molecular flexibility index (Phi) is 7.85. The molecule has 0 heterocycles. The summed E-state index contributed by atoms with van der Waals surface area (Å²) < 4.78 is -1.35. The Balaban J connectivity index is 2.07. The molecule has 0 radical (unpaired) electrons. The number of nitrogens with one attached hydrogen (secondary N) is 3. The SMILES string of the molecule is O=C(N[C@H](NC(=S)Nc1ccc([N+](=O)[O-])cc1)C(Cl)(Cl)Cl)c1ccccc1Br. The van der Waals surface area contributed by atoms with Gasteiger partial charge in [-0.3, -0.25) is 14.9 Å². The molecule has 1 amide bonds. The highest BCUT2D eigenvalue weighted by molar-refractivity contribution is 9.10. The molecule has 28 heavy (non-hydrogen) atoms. The van der Waals surface area contributed by atoms with Gasteiger partial charge in [-0.15, -0.1) is 0 Å². The zero-order valence-electron chi connectivity index (χ0n) is 13.8. The molecule has 1 atom stereocenters. The van der Waals surface area contributed by atoms with Crippen molar-refractivity contribution in [2.75, 3.05) is 5.32 Å². The summed E-state index contributed by atoms with van der Waals surface area (Å²) in [6.07, 6.45) is -1.16. The Morgan fingerprint density at radius 3 is 2.25 bits per heavy atom. The van der Waals surface area contributed by atoms with Crippen LogP contribution < -0.4 is 16.0 Å². The average Bonchev–Trinajstić information content (AvgIpc) is 2.61. The van der Waals surface area contributed by atoms with E-state index in [0.717, 1.165) is 0 Å². The summed E-state index contributed by atoms with van der Waals surface area (Å²) in [5.41, 5.74) is 0.755. The van der Waals surface area contributed by atoms with Gasteiger partial charge >= 0.3 is 0 Å². The Labute approximate surface area is 189 Å². The van der Waals surface area contributed by atoms with Gasteiger partial charge in [-0.1, -0.05) is 46.9 Å². The third-order valence-corrected chi connectivity index (χ3v) is 4.90. The van der Waals surface area contributed by atoms with E-state index in [0.29, 0.717) is 15.7 Å². The fourth-order valence-corrected chi connectivity index (χ4v) is 3.05. The molecular formula is C16H12BrCl3N4O3S. The van der Waals surface area contributed by atoms with Crippen LogP contribution in [0.5, 0.6) is 0 Å². The molecule has 0 spiro atoms. The number of halogens is 4. The third-order valence-electron chi connectivity index (χ3n) is 3.33. The molecule has 0 fully saturated rings. The zero-order valence-corrected chi connectivity index (χ0v) is 18.5. The molecule has 3 N–H and O–H groups in total. The number of non-ortho nitro benzene ring substituents is 1. The van der Waals surface area contributed by atoms with Gasteiger partial charge < -0.3 is 16.0 Å². The van der Waals surface area contributed by atoms with Crippen molar-refractivity contribution in [2.45, 2.75) is 9.96 Å². The van der Waals surface area contributed by atoms with Gasteiger partial charge in [0.15, 0.2) is 5.11 Å². The van der Waals surface area contributed by atoms with E-state index >= 15 is 0 Å². The van der Waals surface area contributed by atoms with Gasteiger partial charge in [0.05, 0.1) is 10.5 Å². The lowest BCUT2D eigenvalue weighted by Crippen LogP contribution is -2.56. The summed E-state index contributed by atoms with van der Waals surface area (Å²) in [5.74, 6) is -0.491. The monoisotopic (exact) mass is 524 g/mol. The molecule has 0 aliphatic carbocycles. The number of amides is 1. The highest BCUT2D eigenvalue weighted by Crippen LogP contribution is 2.29. The fourth-order valence-electron chi connectivity index (χ4n) is 2.02. The summed E-state index contributed by atoms with van der Waals surface area (Å²) in [4.78, 5) is 22.7. The smallest absolute Gasteiger partial charge is 0.269 e. The number of hydrogen-bond acceptors (Lipinski definition) is 4. The molecule has 12 heteroatoms. The predicted molar refractivity (Wildman–Crippen MR) is 118 cm³/mol. The topological polar surface area (TPSA) is 96.3 Å². The number of rotatable bonds is 5. The highest BCUT2D eigenvalue weighted by Gasteiger charge is 2.35. The minimum Gasteiger partial charge on any atom is -0.339 e. The molecule has 0 saturated heterocycles. The lowest BCUT2D eigenvalue weighted by molar-refractivity contribution is -0.384. The van der Waals surface area contributed by atoms with E-state index in [1.165, 1.54) is 24.3 Å². The highest BCUT2D eigenvalue weighted by atomic mass is 79.9. The lowest BCUT2D eigenvalue weighted by Gasteiger charge is -2.28. The minimum atomic E-state index is -1.92. The van der Waals surface area contributed by atoms with E-state index in [2.05, 4.69) is 31.9 Å². The average molecular weight is 527 g/mol. The summed E-state index contributed by atoms with van der Waals surface area (Å²) in [6.45, 7) is 0. The van der Waals surface area contributed by atoms with Crippen LogP contribution in [0.15, 0.2) is 53.0 Å². The van der Waals surface area contributed by atoms with Gasteiger partial charge in [-0.2, -0.15) is 0 Å². The molecule has 0 aliphatic rings. The van der Waals surface area contributed by atoms with Gasteiger partial charge in [0, 0.05) is 22.3 Å². The third kappa shape index (κ3) is 6.46. The van der Waals surface area contributed by atoms with Crippen molar-refractivity contribution in [1.82, 2.24) is 10.6 Å². The number of thiocarbonyl (C=S) groups is 1. The molecule has 0 aromatic heterocycles. The molecule has 2 rings (SSSR count). The van der Waals surface area contributed by atoms with Gasteiger partial charge in [0.25, 0.3) is 11.6 Å². The first-order chi connectivity index (χ1) is 13.1. The number of carbonyl (C=O) groups is 1. The molecule has 0 unspecified atom stereocenters. The first kappa shape index (κ1) is 22.6. The molecule has 2 aromatic rings. The van der Waals surface area contributed by atoms with Crippen LogP contribution in [0.2, 0.25) is 0 Å². The minimum absolute atomic E-state index is 0.0394. The summed E-state index contributed by atoms with van der Waals surface area (Å²) in [6, 6.07) is 12.3. The van der Waals surface area contributed by atoms with Crippen molar-refractivity contribution in [3.63, 3.8) is 0 Å². The van der Waals surface area contributed by atoms with E-state index in [1.807, 2.05) is 0 Å². The Morgan fingerprint density at radius 1 is 1.11 bits per heavy atom. The van der Waals surface area contributed by atoms with Crippen LogP contribution in [-0.2, 0) is 0 Å². The molecular weight excluding hydrogens is 515 g/mol. The number of anilines is 1. The molecule has 0 bridgehead atoms. The molecule has 148 valence electrons. The van der Waals surface area contributed by atoms with Crippen LogP contribution in [0.3, 0.4) is 0 Å². The van der Waals surface area contributed by atoms with Crippen LogP contribution in [-0.4, -0.2) is 25.9 Å². The van der Waals surface area contributed by atoms with Crippen molar-refractivity contribution in [1.29, 1.82) is 0 Å². The number of nitro benzene ring substituents is 1. The van der Waals surface area contributed by atoms with E-state index in [-0.39, 0.29) is 10.8 Å².